The standard InChI is InChI=1S/C27H18IN/c28-27-13-11-20(12-14-27)23-8-10-24-16-22(7-9-25(24)17-23)19-3-5-21(6-4-19)26-2-1-15-29-18-26/h1-18H. The van der Waals surface area contributed by atoms with E-state index < -0.39 is 0 Å². The molecule has 0 aliphatic rings. The Morgan fingerprint density at radius 3 is 1.48 bits per heavy atom. The number of nitrogens with zero attached hydrogens (tertiary/aromatic N) is 1. The molecule has 0 saturated carbocycles. The molecule has 5 rings (SSSR count). The van der Waals surface area contributed by atoms with E-state index in [0.29, 0.717) is 0 Å². The van der Waals surface area contributed by atoms with Gasteiger partial charge >= 0.3 is 0 Å². The van der Waals surface area contributed by atoms with Crippen LogP contribution in [0.5, 0.6) is 0 Å². The lowest BCUT2D eigenvalue weighted by Gasteiger charge is -2.08. The molecule has 5 aromatic rings. The maximum Gasteiger partial charge on any atom is 0.0346 e. The summed E-state index contributed by atoms with van der Waals surface area (Å²) in [6.07, 6.45) is 3.70. The lowest BCUT2D eigenvalue weighted by Crippen LogP contribution is -1.83. The van der Waals surface area contributed by atoms with Crippen molar-refractivity contribution in [3.05, 3.63) is 113 Å². The van der Waals surface area contributed by atoms with Crippen molar-refractivity contribution in [2.75, 3.05) is 0 Å². The summed E-state index contributed by atoms with van der Waals surface area (Å²) in [4.78, 5) is 4.21. The number of hydrogen-bond acceptors (Lipinski definition) is 1. The van der Waals surface area contributed by atoms with E-state index in [2.05, 4.69) is 119 Å². The number of benzene rings is 4. The zero-order valence-electron chi connectivity index (χ0n) is 15.7. The predicted octanol–water partition coefficient (Wildman–Crippen LogP) is 7.84. The molecule has 0 aliphatic heterocycles. The highest BCUT2D eigenvalue weighted by Gasteiger charge is 2.04. The van der Waals surface area contributed by atoms with Gasteiger partial charge in [-0.1, -0.05) is 66.7 Å². The van der Waals surface area contributed by atoms with E-state index in [1.807, 2.05) is 12.3 Å². The molecule has 0 saturated heterocycles. The van der Waals surface area contributed by atoms with Crippen LogP contribution in [0, 0.1) is 3.57 Å². The number of aromatic nitrogens is 1. The number of pyridine rings is 1. The molecule has 2 heteroatoms. The molecule has 29 heavy (non-hydrogen) atoms. The molecule has 138 valence electrons. The monoisotopic (exact) mass is 483 g/mol. The van der Waals surface area contributed by atoms with Crippen molar-refractivity contribution in [3.63, 3.8) is 0 Å². The summed E-state index contributed by atoms with van der Waals surface area (Å²) in [5.74, 6) is 0. The average molecular weight is 483 g/mol. The van der Waals surface area contributed by atoms with Gasteiger partial charge in [-0.15, -0.1) is 0 Å². The van der Waals surface area contributed by atoms with Gasteiger partial charge in [0.2, 0.25) is 0 Å². The Hall–Kier alpha value is -2.98. The van der Waals surface area contributed by atoms with Gasteiger partial charge < -0.3 is 0 Å². The van der Waals surface area contributed by atoms with Crippen LogP contribution in [0.15, 0.2) is 109 Å². The van der Waals surface area contributed by atoms with Crippen LogP contribution in [0.2, 0.25) is 0 Å². The normalized spacial score (nSPS) is 10.9. The molecule has 0 unspecified atom stereocenters. The summed E-state index contributed by atoms with van der Waals surface area (Å²) in [7, 11) is 0. The first-order valence-electron chi connectivity index (χ1n) is 9.57. The van der Waals surface area contributed by atoms with E-state index >= 15 is 0 Å². The van der Waals surface area contributed by atoms with Crippen molar-refractivity contribution >= 4 is 33.4 Å². The van der Waals surface area contributed by atoms with Crippen LogP contribution in [0.4, 0.5) is 0 Å². The Morgan fingerprint density at radius 1 is 0.483 bits per heavy atom. The Balaban J connectivity index is 1.47. The summed E-state index contributed by atoms with van der Waals surface area (Å²) in [5.41, 5.74) is 7.29. The average Bonchev–Trinajstić information content (AvgIpc) is 2.80. The highest BCUT2D eigenvalue weighted by Crippen LogP contribution is 2.30. The molecule has 0 fully saturated rings. The number of hydrogen-bond donors (Lipinski definition) is 0. The summed E-state index contributed by atoms with van der Waals surface area (Å²) in [6.45, 7) is 0. The van der Waals surface area contributed by atoms with Gasteiger partial charge in [0.1, 0.15) is 0 Å². The second kappa shape index (κ2) is 7.80. The molecule has 1 aromatic heterocycles. The molecule has 1 heterocycles. The zero-order chi connectivity index (χ0) is 19.6. The fraction of sp³-hybridized carbons (Fsp3) is 0. The van der Waals surface area contributed by atoms with Gasteiger partial charge in [-0.3, -0.25) is 4.98 Å². The molecule has 0 aliphatic carbocycles. The van der Waals surface area contributed by atoms with Crippen LogP contribution in [-0.2, 0) is 0 Å². The third-order valence-electron chi connectivity index (χ3n) is 5.23. The molecule has 0 radical (unpaired) electrons. The lowest BCUT2D eigenvalue weighted by atomic mass is 9.97. The molecule has 0 atom stereocenters. The third-order valence-corrected chi connectivity index (χ3v) is 5.95. The van der Waals surface area contributed by atoms with Crippen molar-refractivity contribution in [2.45, 2.75) is 0 Å². The molecule has 1 nitrogen and oxygen atoms in total. The largest absolute Gasteiger partial charge is 0.264 e. The Kier molecular flexibility index (Phi) is 4.86. The molecular formula is C27H18IN. The molecule has 0 amide bonds. The second-order valence-electron chi connectivity index (χ2n) is 7.10. The second-order valence-corrected chi connectivity index (χ2v) is 8.35. The maximum absolute atomic E-state index is 4.21. The smallest absolute Gasteiger partial charge is 0.0346 e. The molecular weight excluding hydrogens is 465 g/mol. The van der Waals surface area contributed by atoms with Crippen molar-refractivity contribution in [2.24, 2.45) is 0 Å². The minimum atomic E-state index is 1.14. The minimum absolute atomic E-state index is 1.14. The first-order valence-corrected chi connectivity index (χ1v) is 10.6. The van der Waals surface area contributed by atoms with Gasteiger partial charge in [-0.25, -0.2) is 0 Å². The van der Waals surface area contributed by atoms with Gasteiger partial charge in [0.15, 0.2) is 0 Å². The first-order chi connectivity index (χ1) is 14.3. The van der Waals surface area contributed by atoms with Crippen molar-refractivity contribution in [1.29, 1.82) is 0 Å². The van der Waals surface area contributed by atoms with Gasteiger partial charge in [0.25, 0.3) is 0 Å². The van der Waals surface area contributed by atoms with Crippen molar-refractivity contribution in [1.82, 2.24) is 4.98 Å². The Morgan fingerprint density at radius 2 is 0.966 bits per heavy atom. The zero-order valence-corrected chi connectivity index (χ0v) is 17.9. The van der Waals surface area contributed by atoms with Gasteiger partial charge in [-0.05, 0) is 97.1 Å². The summed E-state index contributed by atoms with van der Waals surface area (Å²) < 4.78 is 1.26. The molecule has 0 spiro atoms. The fourth-order valence-electron chi connectivity index (χ4n) is 3.64. The van der Waals surface area contributed by atoms with Crippen LogP contribution in [0.1, 0.15) is 0 Å². The third kappa shape index (κ3) is 3.81. The lowest BCUT2D eigenvalue weighted by molar-refractivity contribution is 1.33. The number of rotatable bonds is 3. The van der Waals surface area contributed by atoms with E-state index in [9.17, 15) is 0 Å². The Bertz CT molecular complexity index is 1270. The van der Waals surface area contributed by atoms with E-state index in [-0.39, 0.29) is 0 Å². The molecule has 0 bridgehead atoms. The molecule has 4 aromatic carbocycles. The van der Waals surface area contributed by atoms with Crippen molar-refractivity contribution < 1.29 is 0 Å². The van der Waals surface area contributed by atoms with E-state index in [4.69, 9.17) is 0 Å². The van der Waals surface area contributed by atoms with E-state index in [1.54, 1.807) is 6.20 Å². The topological polar surface area (TPSA) is 12.9 Å². The SMILES string of the molecule is Ic1ccc(-c2ccc3cc(-c4ccc(-c5cccnc5)cc4)ccc3c2)cc1. The number of halogens is 1. The number of fused-ring (bicyclic) bond motifs is 1. The van der Waals surface area contributed by atoms with Crippen molar-refractivity contribution in [3.8, 4) is 33.4 Å². The fourth-order valence-corrected chi connectivity index (χ4v) is 4.00. The van der Waals surface area contributed by atoms with Crippen LogP contribution in [-0.4, -0.2) is 4.98 Å². The quantitative estimate of drug-likeness (QED) is 0.238. The summed E-state index contributed by atoms with van der Waals surface area (Å²) in [5, 5.41) is 2.52. The van der Waals surface area contributed by atoms with Gasteiger partial charge in [-0.2, -0.15) is 0 Å². The summed E-state index contributed by atoms with van der Waals surface area (Å²) in [6, 6.07) is 34.8. The highest BCUT2D eigenvalue weighted by molar-refractivity contribution is 14.1. The first kappa shape index (κ1) is 18.1. The van der Waals surface area contributed by atoms with Crippen LogP contribution < -0.4 is 0 Å². The predicted molar refractivity (Wildman–Crippen MR) is 131 cm³/mol. The maximum atomic E-state index is 4.21. The molecule has 0 N–H and O–H groups in total. The van der Waals surface area contributed by atoms with E-state index in [1.165, 1.54) is 42.2 Å². The van der Waals surface area contributed by atoms with E-state index in [0.717, 1.165) is 5.56 Å². The summed E-state index contributed by atoms with van der Waals surface area (Å²) >= 11 is 2.34. The van der Waals surface area contributed by atoms with Crippen LogP contribution in [0.3, 0.4) is 0 Å². The minimum Gasteiger partial charge on any atom is -0.264 e. The van der Waals surface area contributed by atoms with Crippen LogP contribution >= 0.6 is 22.6 Å². The Labute approximate surface area is 184 Å². The van der Waals surface area contributed by atoms with Gasteiger partial charge in [0, 0.05) is 16.0 Å². The van der Waals surface area contributed by atoms with Gasteiger partial charge in [0.05, 0.1) is 0 Å². The van der Waals surface area contributed by atoms with Crippen LogP contribution in [0.25, 0.3) is 44.2 Å². The highest BCUT2D eigenvalue weighted by atomic mass is 127.